The third-order valence-electron chi connectivity index (χ3n) is 2.87. The number of aromatic nitrogens is 1. The van der Waals surface area contributed by atoms with E-state index in [9.17, 15) is 4.79 Å². The molecular weight excluding hydrogens is 258 g/mol. The minimum atomic E-state index is -0.857. The zero-order valence-electron chi connectivity index (χ0n) is 7.83. The Hall–Kier alpha value is -1.29. The SMILES string of the molecule is O=C(O)c1cn2c3c(cc(Br)cc13)CC2. The number of halogens is 1. The van der Waals surface area contributed by atoms with Gasteiger partial charge in [0.1, 0.15) is 0 Å². The van der Waals surface area contributed by atoms with Gasteiger partial charge in [-0.2, -0.15) is 0 Å². The third kappa shape index (κ3) is 1.14. The molecule has 1 aliphatic heterocycles. The minimum absolute atomic E-state index is 0.396. The summed E-state index contributed by atoms with van der Waals surface area (Å²) in [5, 5.41) is 9.91. The molecule has 0 fully saturated rings. The Morgan fingerprint density at radius 1 is 1.47 bits per heavy atom. The molecule has 3 nitrogen and oxygen atoms in total. The van der Waals surface area contributed by atoms with Crippen LogP contribution in [-0.2, 0) is 13.0 Å². The van der Waals surface area contributed by atoms with Crippen molar-refractivity contribution in [3.63, 3.8) is 0 Å². The average molecular weight is 266 g/mol. The van der Waals surface area contributed by atoms with Crippen LogP contribution >= 0.6 is 15.9 Å². The summed E-state index contributed by atoms with van der Waals surface area (Å²) in [4.78, 5) is 11.0. The number of rotatable bonds is 1. The number of carbonyl (C=O) groups is 1. The van der Waals surface area contributed by atoms with Crippen molar-refractivity contribution < 1.29 is 9.90 Å². The van der Waals surface area contributed by atoms with Crippen molar-refractivity contribution in [3.05, 3.63) is 33.9 Å². The van der Waals surface area contributed by atoms with Crippen LogP contribution < -0.4 is 0 Å². The third-order valence-corrected chi connectivity index (χ3v) is 3.33. The first kappa shape index (κ1) is 8.97. The van der Waals surface area contributed by atoms with E-state index in [1.165, 1.54) is 5.56 Å². The summed E-state index contributed by atoms with van der Waals surface area (Å²) >= 11 is 3.41. The Morgan fingerprint density at radius 2 is 2.27 bits per heavy atom. The lowest BCUT2D eigenvalue weighted by Crippen LogP contribution is -1.96. The number of carboxylic acids is 1. The molecule has 0 bridgehead atoms. The topological polar surface area (TPSA) is 42.2 Å². The van der Waals surface area contributed by atoms with Gasteiger partial charge in [-0.3, -0.25) is 0 Å². The number of carboxylic acid groups (broad SMARTS) is 1. The first-order valence-corrected chi connectivity index (χ1v) is 5.50. The van der Waals surface area contributed by atoms with Gasteiger partial charge >= 0.3 is 5.97 Å². The molecule has 0 aliphatic carbocycles. The van der Waals surface area contributed by atoms with E-state index >= 15 is 0 Å². The summed E-state index contributed by atoms with van der Waals surface area (Å²) in [6, 6.07) is 3.95. The Balaban J connectivity index is 2.47. The molecule has 15 heavy (non-hydrogen) atoms. The van der Waals surface area contributed by atoms with Gasteiger partial charge in [0.25, 0.3) is 0 Å². The maximum atomic E-state index is 11.0. The molecule has 0 radical (unpaired) electrons. The fourth-order valence-electron chi connectivity index (χ4n) is 2.27. The largest absolute Gasteiger partial charge is 0.478 e. The van der Waals surface area contributed by atoms with Gasteiger partial charge in [-0.25, -0.2) is 4.79 Å². The summed E-state index contributed by atoms with van der Waals surface area (Å²) in [5.41, 5.74) is 2.70. The number of benzene rings is 1. The van der Waals surface area contributed by atoms with Crippen LogP contribution in [0, 0.1) is 0 Å². The van der Waals surface area contributed by atoms with E-state index in [1.807, 2.05) is 10.6 Å². The van der Waals surface area contributed by atoms with Crippen LogP contribution in [0.4, 0.5) is 0 Å². The molecule has 0 spiro atoms. The van der Waals surface area contributed by atoms with Crippen LogP contribution in [0.1, 0.15) is 15.9 Å². The zero-order valence-corrected chi connectivity index (χ0v) is 9.41. The van der Waals surface area contributed by atoms with Crippen molar-refractivity contribution in [1.29, 1.82) is 0 Å². The van der Waals surface area contributed by atoms with Crippen LogP contribution in [0.15, 0.2) is 22.8 Å². The van der Waals surface area contributed by atoms with Crippen LogP contribution in [0.2, 0.25) is 0 Å². The summed E-state index contributed by atoms with van der Waals surface area (Å²) < 4.78 is 2.98. The van der Waals surface area contributed by atoms with E-state index in [2.05, 4.69) is 22.0 Å². The monoisotopic (exact) mass is 265 g/mol. The molecule has 2 heterocycles. The second-order valence-corrected chi connectivity index (χ2v) is 4.67. The van der Waals surface area contributed by atoms with E-state index in [-0.39, 0.29) is 0 Å². The predicted octanol–water partition coefficient (Wildman–Crippen LogP) is 2.66. The number of aryl methyl sites for hydroxylation is 2. The fraction of sp³-hybridized carbons (Fsp3) is 0.182. The zero-order chi connectivity index (χ0) is 10.6. The molecule has 1 aromatic carbocycles. The second-order valence-electron chi connectivity index (χ2n) is 3.75. The first-order chi connectivity index (χ1) is 7.16. The van der Waals surface area contributed by atoms with Crippen LogP contribution in [-0.4, -0.2) is 15.6 Å². The smallest absolute Gasteiger partial charge is 0.337 e. The molecular formula is C11H8BrNO2. The summed E-state index contributed by atoms with van der Waals surface area (Å²) in [6.07, 6.45) is 2.72. The quantitative estimate of drug-likeness (QED) is 0.862. The lowest BCUT2D eigenvalue weighted by molar-refractivity contribution is 0.0699. The van der Waals surface area contributed by atoms with Gasteiger partial charge in [-0.05, 0) is 24.1 Å². The van der Waals surface area contributed by atoms with Gasteiger partial charge in [0, 0.05) is 22.6 Å². The summed E-state index contributed by atoms with van der Waals surface area (Å²) in [7, 11) is 0. The van der Waals surface area contributed by atoms with Gasteiger partial charge in [0.2, 0.25) is 0 Å². The average Bonchev–Trinajstić information content (AvgIpc) is 2.70. The van der Waals surface area contributed by atoms with E-state index < -0.39 is 5.97 Å². The van der Waals surface area contributed by atoms with E-state index in [1.54, 1.807) is 6.20 Å². The molecule has 4 heteroatoms. The van der Waals surface area contributed by atoms with Crippen LogP contribution in [0.3, 0.4) is 0 Å². The first-order valence-electron chi connectivity index (χ1n) is 4.71. The molecule has 0 saturated carbocycles. The van der Waals surface area contributed by atoms with Crippen molar-refractivity contribution in [2.45, 2.75) is 13.0 Å². The summed E-state index contributed by atoms with van der Waals surface area (Å²) in [6.45, 7) is 0.884. The van der Waals surface area contributed by atoms with Gasteiger partial charge in [0.15, 0.2) is 0 Å². The highest BCUT2D eigenvalue weighted by atomic mass is 79.9. The lowest BCUT2D eigenvalue weighted by Gasteiger charge is -1.98. The number of aromatic carboxylic acids is 1. The molecule has 0 atom stereocenters. The minimum Gasteiger partial charge on any atom is -0.478 e. The fourth-order valence-corrected chi connectivity index (χ4v) is 2.77. The predicted molar refractivity (Wildman–Crippen MR) is 60.3 cm³/mol. The number of nitrogens with zero attached hydrogens (tertiary/aromatic N) is 1. The van der Waals surface area contributed by atoms with E-state index in [4.69, 9.17) is 5.11 Å². The van der Waals surface area contributed by atoms with Crippen molar-refractivity contribution in [3.8, 4) is 0 Å². The highest BCUT2D eigenvalue weighted by Crippen LogP contribution is 2.33. The highest BCUT2D eigenvalue weighted by molar-refractivity contribution is 9.10. The van der Waals surface area contributed by atoms with E-state index in [0.717, 1.165) is 28.3 Å². The normalized spacial score (nSPS) is 13.7. The van der Waals surface area contributed by atoms with Gasteiger partial charge in [-0.15, -0.1) is 0 Å². The van der Waals surface area contributed by atoms with Gasteiger partial charge < -0.3 is 9.67 Å². The van der Waals surface area contributed by atoms with E-state index in [0.29, 0.717) is 5.56 Å². The Morgan fingerprint density at radius 3 is 3.00 bits per heavy atom. The van der Waals surface area contributed by atoms with Gasteiger partial charge in [-0.1, -0.05) is 15.9 Å². The van der Waals surface area contributed by atoms with Crippen molar-refractivity contribution in [2.24, 2.45) is 0 Å². The lowest BCUT2D eigenvalue weighted by atomic mass is 10.1. The molecule has 2 aromatic rings. The van der Waals surface area contributed by atoms with Crippen molar-refractivity contribution >= 4 is 32.8 Å². The molecule has 1 aliphatic rings. The molecule has 1 aromatic heterocycles. The van der Waals surface area contributed by atoms with Crippen molar-refractivity contribution in [2.75, 3.05) is 0 Å². The maximum Gasteiger partial charge on any atom is 0.337 e. The Labute approximate surface area is 94.4 Å². The molecule has 76 valence electrons. The second kappa shape index (κ2) is 2.85. The van der Waals surface area contributed by atoms with Crippen molar-refractivity contribution in [1.82, 2.24) is 4.57 Å². The number of hydrogen-bond acceptors (Lipinski definition) is 1. The molecule has 1 N–H and O–H groups in total. The number of hydrogen-bond donors (Lipinski definition) is 1. The highest BCUT2D eigenvalue weighted by Gasteiger charge is 2.21. The molecule has 0 saturated heterocycles. The van der Waals surface area contributed by atoms with Gasteiger partial charge in [0.05, 0.1) is 11.1 Å². The van der Waals surface area contributed by atoms with Crippen LogP contribution in [0.25, 0.3) is 10.9 Å². The Kier molecular flexibility index (Phi) is 1.71. The standard InChI is InChI=1S/C11H8BrNO2/c12-7-3-6-1-2-13-5-9(11(14)15)8(4-7)10(6)13/h3-5H,1-2H2,(H,14,15). The maximum absolute atomic E-state index is 11.0. The summed E-state index contributed by atoms with van der Waals surface area (Å²) in [5.74, 6) is -0.857. The Bertz CT molecular complexity index is 586. The molecule has 3 rings (SSSR count). The molecule has 0 unspecified atom stereocenters. The molecule has 0 amide bonds. The van der Waals surface area contributed by atoms with Crippen LogP contribution in [0.5, 0.6) is 0 Å².